The first kappa shape index (κ1) is 29.8. The van der Waals surface area contributed by atoms with Gasteiger partial charge in [-0.25, -0.2) is 4.99 Å². The smallest absolute Gasteiger partial charge is 0.271 e. The zero-order valence-electron chi connectivity index (χ0n) is 23.2. The summed E-state index contributed by atoms with van der Waals surface area (Å²) in [4.78, 5) is 33.5. The molecule has 42 heavy (non-hydrogen) atoms. The molecule has 0 aromatic heterocycles. The number of aryl methyl sites for hydroxylation is 3. The van der Waals surface area contributed by atoms with Crippen LogP contribution in [-0.4, -0.2) is 23.6 Å². The molecule has 1 fully saturated rings. The molecule has 0 aliphatic carbocycles. The molecular weight excluding hydrogens is 678 g/mol. The van der Waals surface area contributed by atoms with Gasteiger partial charge in [-0.2, -0.15) is 0 Å². The van der Waals surface area contributed by atoms with E-state index in [1.54, 1.807) is 11.0 Å². The lowest BCUT2D eigenvalue weighted by Gasteiger charge is -2.16. The first-order valence-corrected chi connectivity index (χ1v) is 15.5. The van der Waals surface area contributed by atoms with Gasteiger partial charge in [0, 0.05) is 15.7 Å². The third-order valence-electron chi connectivity index (χ3n) is 6.33. The van der Waals surface area contributed by atoms with Crippen molar-refractivity contribution < 1.29 is 14.3 Å². The van der Waals surface area contributed by atoms with Crippen molar-refractivity contribution in [2.24, 2.45) is 4.99 Å². The van der Waals surface area contributed by atoms with Crippen LogP contribution in [0.4, 0.5) is 17.1 Å². The highest BCUT2D eigenvalue weighted by Gasteiger charge is 2.35. The molecule has 2 amide bonds. The van der Waals surface area contributed by atoms with Crippen LogP contribution in [0.15, 0.2) is 104 Å². The first-order valence-electron chi connectivity index (χ1n) is 13.1. The van der Waals surface area contributed by atoms with Crippen molar-refractivity contribution in [3.05, 3.63) is 121 Å². The highest BCUT2D eigenvalue weighted by atomic mass is 79.9. The Kier molecular flexibility index (Phi) is 9.30. The highest BCUT2D eigenvalue weighted by Crippen LogP contribution is 2.40. The van der Waals surface area contributed by atoms with E-state index in [9.17, 15) is 9.59 Å². The SMILES string of the molecule is Cc1ccc(N=C2S/C(=C\c3cc(Br)cc(Br)c3OCC(=O)Nc3cccc(C)c3)C(=O)N2c2ccc(C)cc2)cc1. The number of thioether (sulfide) groups is 1. The van der Waals surface area contributed by atoms with Crippen LogP contribution in [0, 0.1) is 20.8 Å². The number of nitrogens with zero attached hydrogens (tertiary/aromatic N) is 2. The number of amides is 2. The molecular formula is C33H27Br2N3O3S. The van der Waals surface area contributed by atoms with E-state index in [0.717, 1.165) is 32.5 Å². The number of nitrogens with one attached hydrogen (secondary N) is 1. The van der Waals surface area contributed by atoms with Crippen molar-refractivity contribution in [3.8, 4) is 5.75 Å². The monoisotopic (exact) mass is 703 g/mol. The predicted octanol–water partition coefficient (Wildman–Crippen LogP) is 8.96. The Hall–Kier alpha value is -3.66. The fourth-order valence-electron chi connectivity index (χ4n) is 4.24. The zero-order chi connectivity index (χ0) is 29.8. The molecule has 6 nitrogen and oxygen atoms in total. The summed E-state index contributed by atoms with van der Waals surface area (Å²) in [5.41, 5.74) is 6.09. The number of aliphatic imine (C=N–C) groups is 1. The molecule has 1 heterocycles. The van der Waals surface area contributed by atoms with Crippen LogP contribution in [0.3, 0.4) is 0 Å². The number of ether oxygens (including phenoxy) is 1. The van der Waals surface area contributed by atoms with Gasteiger partial charge in [0.25, 0.3) is 11.8 Å². The van der Waals surface area contributed by atoms with Gasteiger partial charge in [-0.3, -0.25) is 14.5 Å². The molecule has 0 unspecified atom stereocenters. The van der Waals surface area contributed by atoms with Crippen molar-refractivity contribution in [2.45, 2.75) is 20.8 Å². The second-order valence-electron chi connectivity index (χ2n) is 9.83. The van der Waals surface area contributed by atoms with Crippen LogP contribution in [0.1, 0.15) is 22.3 Å². The van der Waals surface area contributed by atoms with Crippen LogP contribution >= 0.6 is 43.6 Å². The minimum Gasteiger partial charge on any atom is -0.482 e. The van der Waals surface area contributed by atoms with Gasteiger partial charge in [0.2, 0.25) is 0 Å². The number of carbonyl (C=O) groups is 2. The van der Waals surface area contributed by atoms with E-state index >= 15 is 0 Å². The molecule has 0 saturated carbocycles. The number of anilines is 2. The van der Waals surface area contributed by atoms with Gasteiger partial charge in [0.05, 0.1) is 20.8 Å². The van der Waals surface area contributed by atoms with Gasteiger partial charge in [-0.15, -0.1) is 0 Å². The predicted molar refractivity (Wildman–Crippen MR) is 180 cm³/mol. The van der Waals surface area contributed by atoms with Crippen molar-refractivity contribution in [2.75, 3.05) is 16.8 Å². The van der Waals surface area contributed by atoms with Crippen molar-refractivity contribution in [1.82, 2.24) is 0 Å². The average Bonchev–Trinajstić information content (AvgIpc) is 3.24. The quantitative estimate of drug-likeness (QED) is 0.195. The minimum atomic E-state index is -0.293. The van der Waals surface area contributed by atoms with E-state index in [-0.39, 0.29) is 18.4 Å². The molecule has 1 N–H and O–H groups in total. The number of benzene rings is 4. The highest BCUT2D eigenvalue weighted by molar-refractivity contribution is 9.11. The Morgan fingerprint density at radius 2 is 1.62 bits per heavy atom. The Labute approximate surface area is 266 Å². The third kappa shape index (κ3) is 7.21. The van der Waals surface area contributed by atoms with Crippen LogP contribution < -0.4 is 15.0 Å². The number of hydrogen-bond acceptors (Lipinski definition) is 5. The third-order valence-corrected chi connectivity index (χ3v) is 8.35. The fourth-order valence-corrected chi connectivity index (χ4v) is 6.60. The van der Waals surface area contributed by atoms with E-state index in [1.807, 2.05) is 106 Å². The second-order valence-corrected chi connectivity index (χ2v) is 12.6. The Morgan fingerprint density at radius 1 is 0.929 bits per heavy atom. The van der Waals surface area contributed by atoms with Crippen LogP contribution in [0.5, 0.6) is 5.75 Å². The summed E-state index contributed by atoms with van der Waals surface area (Å²) in [6.45, 7) is 5.78. The molecule has 0 radical (unpaired) electrons. The topological polar surface area (TPSA) is 71.0 Å². The summed E-state index contributed by atoms with van der Waals surface area (Å²) in [5.74, 6) is -0.0448. The van der Waals surface area contributed by atoms with Gasteiger partial charge in [0.1, 0.15) is 5.75 Å². The Balaban J connectivity index is 1.46. The molecule has 4 aromatic rings. The minimum absolute atomic E-state index is 0.200. The van der Waals surface area contributed by atoms with E-state index in [4.69, 9.17) is 9.73 Å². The summed E-state index contributed by atoms with van der Waals surface area (Å²) < 4.78 is 7.44. The lowest BCUT2D eigenvalue weighted by molar-refractivity contribution is -0.118. The molecule has 9 heteroatoms. The normalized spacial score (nSPS) is 15.0. The van der Waals surface area contributed by atoms with E-state index in [0.29, 0.717) is 31.5 Å². The standard InChI is InChI=1S/C33H27Br2N3O3S/c1-20-7-11-25(12-8-20)37-33-38(27-13-9-21(2)10-14-27)32(40)29(42-33)17-23-16-24(34)18-28(35)31(23)41-19-30(39)36-26-6-4-5-22(3)15-26/h4-18H,19H2,1-3H3,(H,36,39)/b29-17-,37-33?. The Bertz CT molecular complexity index is 1720. The van der Waals surface area contributed by atoms with Gasteiger partial charge >= 0.3 is 0 Å². The lowest BCUT2D eigenvalue weighted by Crippen LogP contribution is -2.28. The number of rotatable bonds is 7. The number of hydrogen-bond donors (Lipinski definition) is 1. The lowest BCUT2D eigenvalue weighted by atomic mass is 10.1. The van der Waals surface area contributed by atoms with E-state index in [1.165, 1.54) is 11.8 Å². The van der Waals surface area contributed by atoms with Gasteiger partial charge in [-0.1, -0.05) is 63.5 Å². The second kappa shape index (κ2) is 13.1. The summed E-state index contributed by atoms with van der Waals surface area (Å²) >= 11 is 8.39. The molecule has 1 aliphatic rings. The van der Waals surface area contributed by atoms with E-state index < -0.39 is 0 Å². The van der Waals surface area contributed by atoms with Crippen LogP contribution in [0.25, 0.3) is 6.08 Å². The van der Waals surface area contributed by atoms with Crippen molar-refractivity contribution in [3.63, 3.8) is 0 Å². The molecule has 0 atom stereocenters. The maximum absolute atomic E-state index is 13.9. The molecule has 212 valence electrons. The van der Waals surface area contributed by atoms with Gasteiger partial charge < -0.3 is 10.1 Å². The van der Waals surface area contributed by atoms with Gasteiger partial charge in [0.15, 0.2) is 11.8 Å². The average molecular weight is 705 g/mol. The summed E-state index contributed by atoms with van der Waals surface area (Å²) in [6, 6.07) is 26.9. The van der Waals surface area contributed by atoms with Crippen molar-refractivity contribution >= 4 is 83.7 Å². The number of halogens is 2. The Morgan fingerprint density at radius 3 is 2.31 bits per heavy atom. The molecule has 1 saturated heterocycles. The largest absolute Gasteiger partial charge is 0.482 e. The zero-order valence-corrected chi connectivity index (χ0v) is 27.1. The fraction of sp³-hybridized carbons (Fsp3) is 0.121. The van der Waals surface area contributed by atoms with E-state index in [2.05, 4.69) is 37.2 Å². The number of amidine groups is 1. The molecule has 5 rings (SSSR count). The van der Waals surface area contributed by atoms with Crippen molar-refractivity contribution in [1.29, 1.82) is 0 Å². The molecule has 4 aromatic carbocycles. The number of carbonyl (C=O) groups excluding carboxylic acids is 2. The van der Waals surface area contributed by atoms with Gasteiger partial charge in [-0.05, 0) is 109 Å². The molecule has 0 spiro atoms. The first-order chi connectivity index (χ1) is 20.2. The molecule has 0 bridgehead atoms. The maximum Gasteiger partial charge on any atom is 0.271 e. The maximum atomic E-state index is 13.9. The molecule has 1 aliphatic heterocycles. The summed E-state index contributed by atoms with van der Waals surface area (Å²) in [6.07, 6.45) is 1.77. The summed E-state index contributed by atoms with van der Waals surface area (Å²) in [5, 5.41) is 3.41. The summed E-state index contributed by atoms with van der Waals surface area (Å²) in [7, 11) is 0. The van der Waals surface area contributed by atoms with Crippen LogP contribution in [0.2, 0.25) is 0 Å². The van der Waals surface area contributed by atoms with Crippen LogP contribution in [-0.2, 0) is 9.59 Å².